The molecule has 0 saturated carbocycles. The summed E-state index contributed by atoms with van der Waals surface area (Å²) in [6, 6.07) is 10.9. The van der Waals surface area contributed by atoms with Gasteiger partial charge in [0.15, 0.2) is 0 Å². The first-order valence-electron chi connectivity index (χ1n) is 10.6. The molecule has 7 nitrogen and oxygen atoms in total. The number of carbonyl (C=O) groups is 1. The minimum atomic E-state index is -0.700. The van der Waals surface area contributed by atoms with Gasteiger partial charge in [-0.25, -0.2) is 0 Å². The molecule has 1 amide bonds. The fourth-order valence-corrected chi connectivity index (χ4v) is 5.32. The summed E-state index contributed by atoms with van der Waals surface area (Å²) in [5.74, 6) is 0.778. The van der Waals surface area contributed by atoms with Gasteiger partial charge in [-0.3, -0.25) is 14.8 Å². The molecule has 5 rings (SSSR count). The van der Waals surface area contributed by atoms with Crippen molar-refractivity contribution in [1.29, 1.82) is 0 Å². The molecule has 2 N–H and O–H groups in total. The maximum atomic E-state index is 12.8. The van der Waals surface area contributed by atoms with E-state index in [4.69, 9.17) is 23.2 Å². The number of aromatic amines is 1. The fraction of sp³-hybridized carbons (Fsp3) is 0.348. The SMILES string of the molecule is O=C(/C=C/c1cc(Cl)cc(Cl)c1)N1C[C@H]2CCN(C(O)c3ccc4[nH]nnc4c3)C[C@@H]2C1. The number of fused-ring (bicyclic) bond motifs is 2. The number of hydrogen-bond acceptors (Lipinski definition) is 5. The van der Waals surface area contributed by atoms with Crippen LogP contribution in [-0.4, -0.2) is 62.4 Å². The summed E-state index contributed by atoms with van der Waals surface area (Å²) in [4.78, 5) is 16.7. The Labute approximate surface area is 195 Å². The first kappa shape index (κ1) is 21.4. The third kappa shape index (κ3) is 4.38. The van der Waals surface area contributed by atoms with Crippen LogP contribution in [0.4, 0.5) is 0 Å². The van der Waals surface area contributed by atoms with Crippen LogP contribution in [-0.2, 0) is 4.79 Å². The predicted molar refractivity (Wildman–Crippen MR) is 124 cm³/mol. The molecule has 166 valence electrons. The number of hydrogen-bond donors (Lipinski definition) is 2. The summed E-state index contributed by atoms with van der Waals surface area (Å²) >= 11 is 12.1. The maximum absolute atomic E-state index is 12.8. The van der Waals surface area contributed by atoms with E-state index in [0.717, 1.165) is 48.2 Å². The number of amides is 1. The zero-order chi connectivity index (χ0) is 22.2. The summed E-state index contributed by atoms with van der Waals surface area (Å²) in [5.41, 5.74) is 3.18. The Morgan fingerprint density at radius 3 is 2.72 bits per heavy atom. The molecule has 1 unspecified atom stereocenters. The summed E-state index contributed by atoms with van der Waals surface area (Å²) in [5, 5.41) is 22.7. The lowest BCUT2D eigenvalue weighted by atomic mass is 9.88. The average Bonchev–Trinajstić information content (AvgIpc) is 3.42. The second-order valence-electron chi connectivity index (χ2n) is 8.55. The molecule has 3 aromatic rings. The van der Waals surface area contributed by atoms with E-state index in [9.17, 15) is 9.90 Å². The predicted octanol–water partition coefficient (Wildman–Crippen LogP) is 3.75. The van der Waals surface area contributed by atoms with Crippen LogP contribution >= 0.6 is 23.2 Å². The number of halogens is 2. The van der Waals surface area contributed by atoms with E-state index < -0.39 is 6.23 Å². The van der Waals surface area contributed by atoms with Gasteiger partial charge in [-0.1, -0.05) is 34.5 Å². The Morgan fingerprint density at radius 2 is 1.91 bits per heavy atom. The van der Waals surface area contributed by atoms with E-state index in [1.54, 1.807) is 30.4 Å². The minimum Gasteiger partial charge on any atom is -0.374 e. The van der Waals surface area contributed by atoms with Crippen molar-refractivity contribution in [2.24, 2.45) is 11.8 Å². The number of H-pyrrole nitrogens is 1. The number of benzene rings is 2. The van der Waals surface area contributed by atoms with Crippen molar-refractivity contribution in [2.45, 2.75) is 12.6 Å². The number of aromatic nitrogens is 3. The number of nitrogens with one attached hydrogen (secondary N) is 1. The van der Waals surface area contributed by atoms with Gasteiger partial charge in [0.1, 0.15) is 11.7 Å². The molecule has 0 bridgehead atoms. The molecule has 0 spiro atoms. The van der Waals surface area contributed by atoms with Gasteiger partial charge < -0.3 is 10.0 Å². The monoisotopic (exact) mass is 471 g/mol. The highest BCUT2D eigenvalue weighted by Gasteiger charge is 2.39. The average molecular weight is 472 g/mol. The van der Waals surface area contributed by atoms with Gasteiger partial charge in [-0.15, -0.1) is 5.10 Å². The van der Waals surface area contributed by atoms with Gasteiger partial charge in [0.2, 0.25) is 5.91 Å². The summed E-state index contributed by atoms with van der Waals surface area (Å²) in [6.45, 7) is 2.98. The molecule has 0 radical (unpaired) electrons. The minimum absolute atomic E-state index is 0.0147. The first-order valence-corrected chi connectivity index (χ1v) is 11.4. The Kier molecular flexibility index (Phi) is 5.90. The number of aliphatic hydroxyl groups is 1. The lowest BCUT2D eigenvalue weighted by Crippen LogP contribution is -2.42. The molecule has 0 aliphatic carbocycles. The van der Waals surface area contributed by atoms with E-state index in [1.807, 2.05) is 23.1 Å². The molecule has 3 atom stereocenters. The first-order chi connectivity index (χ1) is 15.5. The molecule has 32 heavy (non-hydrogen) atoms. The number of rotatable bonds is 4. The molecule has 2 saturated heterocycles. The van der Waals surface area contributed by atoms with E-state index in [2.05, 4.69) is 20.3 Å². The standard InChI is InChI=1S/C23H23Cl2N5O2/c24-18-7-14(8-19(25)10-18)1-4-22(31)30-11-16-5-6-29(12-17(16)13-30)23(32)15-2-3-20-21(9-15)27-28-26-20/h1-4,7-10,16-17,23,32H,5-6,11-13H2,(H,26,27,28)/b4-1+/t16-,17-,23?/m1/s1. The van der Waals surface area contributed by atoms with Crippen molar-refractivity contribution < 1.29 is 9.90 Å². The molecular formula is C23H23Cl2N5O2. The number of likely N-dealkylation sites (tertiary alicyclic amines) is 2. The molecule has 9 heteroatoms. The van der Waals surface area contributed by atoms with Crippen LogP contribution in [0.2, 0.25) is 10.0 Å². The number of carbonyl (C=O) groups excluding carboxylic acids is 1. The quantitative estimate of drug-likeness (QED) is 0.565. The Morgan fingerprint density at radius 1 is 1.12 bits per heavy atom. The second kappa shape index (κ2) is 8.83. The largest absolute Gasteiger partial charge is 0.374 e. The van der Waals surface area contributed by atoms with Crippen molar-refractivity contribution in [3.8, 4) is 0 Å². The normalized spacial score (nSPS) is 22.5. The lowest BCUT2D eigenvalue weighted by molar-refractivity contribution is -0.125. The van der Waals surface area contributed by atoms with Gasteiger partial charge >= 0.3 is 0 Å². The number of piperidine rings is 1. The third-order valence-electron chi connectivity index (χ3n) is 6.44. The van der Waals surface area contributed by atoms with E-state index in [-0.39, 0.29) is 5.91 Å². The molecule has 2 aliphatic rings. The van der Waals surface area contributed by atoms with Crippen LogP contribution in [0.25, 0.3) is 17.1 Å². The van der Waals surface area contributed by atoms with Crippen LogP contribution in [0.5, 0.6) is 0 Å². The second-order valence-corrected chi connectivity index (χ2v) is 9.42. The van der Waals surface area contributed by atoms with Crippen LogP contribution in [0, 0.1) is 11.8 Å². The molecule has 2 fully saturated rings. The van der Waals surface area contributed by atoms with Crippen molar-refractivity contribution in [3.05, 3.63) is 63.6 Å². The highest BCUT2D eigenvalue weighted by Crippen LogP contribution is 2.34. The highest BCUT2D eigenvalue weighted by atomic mass is 35.5. The highest BCUT2D eigenvalue weighted by molar-refractivity contribution is 6.34. The van der Waals surface area contributed by atoms with Gasteiger partial charge in [0, 0.05) is 42.3 Å². The zero-order valence-electron chi connectivity index (χ0n) is 17.3. The Bertz CT molecular complexity index is 1160. The Balaban J connectivity index is 1.22. The van der Waals surface area contributed by atoms with Crippen molar-refractivity contribution in [1.82, 2.24) is 25.2 Å². The van der Waals surface area contributed by atoms with Crippen LogP contribution in [0.3, 0.4) is 0 Å². The van der Waals surface area contributed by atoms with Crippen LogP contribution in [0.1, 0.15) is 23.8 Å². The number of aliphatic hydroxyl groups excluding tert-OH is 1. The van der Waals surface area contributed by atoms with Gasteiger partial charge in [0.05, 0.1) is 5.52 Å². The van der Waals surface area contributed by atoms with Gasteiger partial charge in [0.25, 0.3) is 0 Å². The summed E-state index contributed by atoms with van der Waals surface area (Å²) in [6.07, 6.45) is 3.58. The van der Waals surface area contributed by atoms with E-state index >= 15 is 0 Å². The molecule has 1 aromatic heterocycles. The van der Waals surface area contributed by atoms with E-state index in [0.29, 0.717) is 28.4 Å². The molecule has 2 aliphatic heterocycles. The fourth-order valence-electron chi connectivity index (χ4n) is 4.77. The summed E-state index contributed by atoms with van der Waals surface area (Å²) < 4.78 is 0. The molecule has 3 heterocycles. The van der Waals surface area contributed by atoms with Crippen LogP contribution in [0.15, 0.2) is 42.5 Å². The lowest BCUT2D eigenvalue weighted by Gasteiger charge is -2.37. The summed E-state index contributed by atoms with van der Waals surface area (Å²) in [7, 11) is 0. The van der Waals surface area contributed by atoms with Crippen molar-refractivity contribution >= 4 is 46.2 Å². The molecule has 2 aromatic carbocycles. The van der Waals surface area contributed by atoms with Crippen LogP contribution < -0.4 is 0 Å². The molecular weight excluding hydrogens is 449 g/mol. The van der Waals surface area contributed by atoms with E-state index in [1.165, 1.54) is 0 Å². The Hall–Kier alpha value is -2.45. The van der Waals surface area contributed by atoms with Crippen molar-refractivity contribution in [3.63, 3.8) is 0 Å². The smallest absolute Gasteiger partial charge is 0.246 e. The van der Waals surface area contributed by atoms with Gasteiger partial charge in [-0.2, -0.15) is 0 Å². The third-order valence-corrected chi connectivity index (χ3v) is 6.88. The topological polar surface area (TPSA) is 85.4 Å². The number of nitrogens with zero attached hydrogens (tertiary/aromatic N) is 4. The van der Waals surface area contributed by atoms with Gasteiger partial charge in [-0.05, 0) is 65.8 Å². The van der Waals surface area contributed by atoms with Crippen molar-refractivity contribution in [2.75, 3.05) is 26.2 Å². The maximum Gasteiger partial charge on any atom is 0.246 e. The zero-order valence-corrected chi connectivity index (χ0v) is 18.8.